The summed E-state index contributed by atoms with van der Waals surface area (Å²) in [5.41, 5.74) is 6.10. The maximum Gasteiger partial charge on any atom is 0.325 e. The zero-order valence-electron chi connectivity index (χ0n) is 14.7. The Morgan fingerprint density at radius 1 is 1.54 bits per heavy atom. The normalized spacial score (nSPS) is 22.1. The molecular weight excluding hydrogens is 312 g/mol. The first kappa shape index (κ1) is 20.1. The number of nitrogens with one attached hydrogen (secondary N) is 1. The number of hydrogen-bond acceptors (Lipinski definition) is 5. The van der Waals surface area contributed by atoms with Crippen LogP contribution in [0.25, 0.3) is 0 Å². The molecule has 0 bridgehead atoms. The predicted octanol–water partition coefficient (Wildman–Crippen LogP) is 0.431. The van der Waals surface area contributed by atoms with Crippen LogP contribution in [0.2, 0.25) is 0 Å². The van der Waals surface area contributed by atoms with Gasteiger partial charge in [0.1, 0.15) is 18.3 Å². The van der Waals surface area contributed by atoms with E-state index < -0.39 is 30.2 Å². The number of ether oxygens (including phenoxy) is 1. The molecule has 3 atom stereocenters. The van der Waals surface area contributed by atoms with Gasteiger partial charge in [0.2, 0.25) is 0 Å². The number of rotatable bonds is 9. The number of unbranched alkanes of at least 4 members (excludes halogenated alkanes) is 1. The molecular formula is C16H28N4O4. The molecule has 4 amide bonds. The molecule has 0 aromatic rings. The summed E-state index contributed by atoms with van der Waals surface area (Å²) in [6.45, 7) is 8.00. The molecule has 1 heterocycles. The number of hydrogen-bond donors (Lipinski definition) is 2. The van der Waals surface area contributed by atoms with Crippen molar-refractivity contribution in [2.75, 3.05) is 20.2 Å². The Labute approximate surface area is 143 Å². The minimum atomic E-state index is -0.947. The lowest BCUT2D eigenvalue weighted by Crippen LogP contribution is -2.71. The summed E-state index contributed by atoms with van der Waals surface area (Å²) in [7, 11) is 1.49. The average molecular weight is 340 g/mol. The minimum Gasteiger partial charge on any atom is -0.368 e. The lowest BCUT2D eigenvalue weighted by molar-refractivity contribution is -0.150. The minimum absolute atomic E-state index is 0.362. The second-order valence-electron chi connectivity index (χ2n) is 5.82. The van der Waals surface area contributed by atoms with Crippen LogP contribution in [0.15, 0.2) is 12.7 Å². The van der Waals surface area contributed by atoms with E-state index in [-0.39, 0.29) is 5.91 Å². The maximum atomic E-state index is 12.5. The van der Waals surface area contributed by atoms with Gasteiger partial charge in [-0.25, -0.2) is 4.79 Å². The molecule has 136 valence electrons. The largest absolute Gasteiger partial charge is 0.368 e. The predicted molar refractivity (Wildman–Crippen MR) is 89.9 cm³/mol. The maximum absolute atomic E-state index is 12.5. The Kier molecular flexibility index (Phi) is 7.87. The number of nitrogens with two attached hydrogens (primary N) is 1. The van der Waals surface area contributed by atoms with Crippen molar-refractivity contribution in [2.24, 2.45) is 5.73 Å². The molecule has 0 aromatic heterocycles. The van der Waals surface area contributed by atoms with E-state index in [4.69, 9.17) is 10.5 Å². The fourth-order valence-corrected chi connectivity index (χ4v) is 2.52. The second-order valence-corrected chi connectivity index (χ2v) is 5.82. The van der Waals surface area contributed by atoms with Crippen LogP contribution in [0, 0.1) is 0 Å². The topological polar surface area (TPSA) is 105 Å². The van der Waals surface area contributed by atoms with Gasteiger partial charge >= 0.3 is 6.03 Å². The fraction of sp³-hybridized carbons (Fsp3) is 0.688. The number of imide groups is 1. The van der Waals surface area contributed by atoms with Crippen molar-refractivity contribution in [3.8, 4) is 0 Å². The van der Waals surface area contributed by atoms with Crippen molar-refractivity contribution in [1.82, 2.24) is 15.1 Å². The smallest absolute Gasteiger partial charge is 0.325 e. The lowest BCUT2D eigenvalue weighted by Gasteiger charge is -2.42. The van der Waals surface area contributed by atoms with Gasteiger partial charge in [-0.15, -0.1) is 6.58 Å². The van der Waals surface area contributed by atoms with Crippen LogP contribution < -0.4 is 11.1 Å². The quantitative estimate of drug-likeness (QED) is 0.468. The van der Waals surface area contributed by atoms with Gasteiger partial charge in [-0.1, -0.05) is 19.4 Å². The van der Waals surface area contributed by atoms with Crippen molar-refractivity contribution in [2.45, 2.75) is 51.4 Å². The highest BCUT2D eigenvalue weighted by molar-refractivity contribution is 6.02. The molecule has 1 saturated heterocycles. The van der Waals surface area contributed by atoms with Gasteiger partial charge in [0.15, 0.2) is 0 Å². The van der Waals surface area contributed by atoms with Crippen LogP contribution in [0.1, 0.15) is 33.1 Å². The molecule has 0 aliphatic carbocycles. The van der Waals surface area contributed by atoms with Gasteiger partial charge in [0.25, 0.3) is 11.8 Å². The lowest BCUT2D eigenvalue weighted by atomic mass is 10.1. The van der Waals surface area contributed by atoms with E-state index in [1.165, 1.54) is 16.8 Å². The number of likely N-dealkylation sites (N-methyl/N-ethyl adjacent to an activating group) is 1. The molecule has 8 nitrogen and oxygen atoms in total. The number of carbonyl (C=O) groups is 3. The van der Waals surface area contributed by atoms with Crippen molar-refractivity contribution in [3.63, 3.8) is 0 Å². The molecule has 0 saturated carbocycles. The summed E-state index contributed by atoms with van der Waals surface area (Å²) in [6.07, 6.45) is 2.38. The fourth-order valence-electron chi connectivity index (χ4n) is 2.52. The van der Waals surface area contributed by atoms with Crippen molar-refractivity contribution in [1.29, 1.82) is 0 Å². The van der Waals surface area contributed by atoms with Crippen molar-refractivity contribution >= 4 is 17.8 Å². The van der Waals surface area contributed by atoms with Crippen LogP contribution in [0.4, 0.5) is 4.79 Å². The molecule has 1 aliphatic rings. The standard InChI is InChI=1S/C16H28N4O4/c1-5-7-9-20-13(17)12(14(21)18-16(20)23)19(4)15(22)11(3)24-10-8-6-2/h6,11-13H,2,5,7-10,17H2,1,3-4H3,(H,18,21,23). The van der Waals surface area contributed by atoms with Crippen molar-refractivity contribution in [3.05, 3.63) is 12.7 Å². The third-order valence-electron chi connectivity index (χ3n) is 4.00. The zero-order chi connectivity index (χ0) is 18.3. The van der Waals surface area contributed by atoms with E-state index in [1.54, 1.807) is 13.0 Å². The Bertz CT molecular complexity index is 483. The summed E-state index contributed by atoms with van der Waals surface area (Å²) in [5, 5.41) is 2.27. The molecule has 0 spiro atoms. The van der Waals surface area contributed by atoms with E-state index >= 15 is 0 Å². The van der Waals surface area contributed by atoms with Gasteiger partial charge in [0.05, 0.1) is 6.61 Å². The van der Waals surface area contributed by atoms with Crippen LogP contribution in [-0.4, -0.2) is 66.2 Å². The molecule has 0 radical (unpaired) electrons. The summed E-state index contributed by atoms with van der Waals surface area (Å²) in [6, 6.07) is -1.47. The Balaban J connectivity index is 2.80. The van der Waals surface area contributed by atoms with Gasteiger partial charge in [-0.2, -0.15) is 0 Å². The Morgan fingerprint density at radius 3 is 2.79 bits per heavy atom. The van der Waals surface area contributed by atoms with Crippen LogP contribution in [0.3, 0.4) is 0 Å². The molecule has 1 rings (SSSR count). The third-order valence-corrected chi connectivity index (χ3v) is 4.00. The Hall–Kier alpha value is -1.93. The number of amides is 4. The van der Waals surface area contributed by atoms with E-state index in [0.29, 0.717) is 19.6 Å². The monoisotopic (exact) mass is 340 g/mol. The summed E-state index contributed by atoms with van der Waals surface area (Å²) in [5.74, 6) is -0.936. The highest BCUT2D eigenvalue weighted by atomic mass is 16.5. The first-order valence-electron chi connectivity index (χ1n) is 8.21. The Morgan fingerprint density at radius 2 is 2.21 bits per heavy atom. The van der Waals surface area contributed by atoms with Crippen LogP contribution in [0.5, 0.6) is 0 Å². The molecule has 24 heavy (non-hydrogen) atoms. The molecule has 3 N–H and O–H groups in total. The molecule has 1 aliphatic heterocycles. The average Bonchev–Trinajstić information content (AvgIpc) is 2.53. The van der Waals surface area contributed by atoms with E-state index in [1.807, 2.05) is 6.92 Å². The first-order chi connectivity index (χ1) is 11.3. The number of carbonyl (C=O) groups excluding carboxylic acids is 3. The van der Waals surface area contributed by atoms with Crippen LogP contribution in [-0.2, 0) is 14.3 Å². The number of urea groups is 1. The van der Waals surface area contributed by atoms with E-state index in [2.05, 4.69) is 11.9 Å². The molecule has 1 fully saturated rings. The van der Waals surface area contributed by atoms with Gasteiger partial charge in [0, 0.05) is 13.6 Å². The van der Waals surface area contributed by atoms with E-state index in [9.17, 15) is 14.4 Å². The summed E-state index contributed by atoms with van der Waals surface area (Å²) < 4.78 is 5.42. The van der Waals surface area contributed by atoms with Crippen molar-refractivity contribution < 1.29 is 19.1 Å². The third kappa shape index (κ3) is 4.78. The SMILES string of the molecule is C=CCCOC(C)C(=O)N(C)C1C(=O)NC(=O)N(CCCC)C1N. The van der Waals surface area contributed by atoms with Gasteiger partial charge < -0.3 is 20.3 Å². The zero-order valence-corrected chi connectivity index (χ0v) is 14.7. The molecule has 3 unspecified atom stereocenters. The summed E-state index contributed by atoms with van der Waals surface area (Å²) in [4.78, 5) is 39.2. The second kappa shape index (κ2) is 9.39. The first-order valence-corrected chi connectivity index (χ1v) is 8.21. The van der Waals surface area contributed by atoms with E-state index in [0.717, 1.165) is 12.8 Å². The summed E-state index contributed by atoms with van der Waals surface area (Å²) >= 11 is 0. The molecule has 8 heteroatoms. The van der Waals surface area contributed by atoms with Gasteiger partial charge in [-0.3, -0.25) is 14.9 Å². The van der Waals surface area contributed by atoms with Crippen LogP contribution >= 0.6 is 0 Å². The number of nitrogens with zero attached hydrogens (tertiary/aromatic N) is 2. The highest BCUT2D eigenvalue weighted by Gasteiger charge is 2.43. The van der Waals surface area contributed by atoms with Gasteiger partial charge in [-0.05, 0) is 19.8 Å². The highest BCUT2D eigenvalue weighted by Crippen LogP contribution is 2.15. The molecule has 0 aromatic carbocycles.